The summed E-state index contributed by atoms with van der Waals surface area (Å²) in [6, 6.07) is 3.91. The first kappa shape index (κ1) is 18.1. The highest BCUT2D eigenvalue weighted by Crippen LogP contribution is 2.30. The standard InChI is InChI=1S/C17H23N7O2S/c1-17(2,3)13-4-5-14-20-21-16(24(14)22-13)12-6-8-23(9-7-12)27(25,26)15-10-18-11-19-15/h4-5,10-12H,6-9H2,1-3H3,(H,18,19). The van der Waals surface area contributed by atoms with Crippen LogP contribution in [-0.2, 0) is 15.4 Å². The van der Waals surface area contributed by atoms with Crippen molar-refractivity contribution in [2.24, 2.45) is 0 Å². The van der Waals surface area contributed by atoms with Gasteiger partial charge < -0.3 is 4.98 Å². The van der Waals surface area contributed by atoms with Gasteiger partial charge in [0.2, 0.25) is 0 Å². The molecule has 1 aliphatic heterocycles. The molecule has 1 fully saturated rings. The second-order valence-corrected chi connectivity index (χ2v) is 9.80. The number of nitrogens with zero attached hydrogens (tertiary/aromatic N) is 6. The molecule has 0 bridgehead atoms. The van der Waals surface area contributed by atoms with E-state index in [4.69, 9.17) is 5.10 Å². The van der Waals surface area contributed by atoms with Crippen molar-refractivity contribution in [3.8, 4) is 0 Å². The predicted molar refractivity (Wildman–Crippen MR) is 98.8 cm³/mol. The van der Waals surface area contributed by atoms with Gasteiger partial charge in [-0.3, -0.25) is 0 Å². The number of H-pyrrole nitrogens is 1. The molecule has 0 amide bonds. The number of hydrogen-bond acceptors (Lipinski definition) is 6. The maximum atomic E-state index is 12.6. The fourth-order valence-electron chi connectivity index (χ4n) is 3.34. The smallest absolute Gasteiger partial charge is 0.260 e. The Morgan fingerprint density at radius 2 is 1.89 bits per heavy atom. The molecule has 4 rings (SSSR count). The molecule has 3 aromatic rings. The van der Waals surface area contributed by atoms with Crippen molar-refractivity contribution in [2.75, 3.05) is 13.1 Å². The molecule has 0 saturated carbocycles. The lowest BCUT2D eigenvalue weighted by Crippen LogP contribution is -2.38. The van der Waals surface area contributed by atoms with Gasteiger partial charge in [0.15, 0.2) is 16.5 Å². The van der Waals surface area contributed by atoms with Gasteiger partial charge in [-0.1, -0.05) is 20.8 Å². The molecule has 0 unspecified atom stereocenters. The molecule has 1 aliphatic rings. The summed E-state index contributed by atoms with van der Waals surface area (Å²) >= 11 is 0. The zero-order valence-electron chi connectivity index (χ0n) is 15.6. The Labute approximate surface area is 157 Å². The highest BCUT2D eigenvalue weighted by atomic mass is 32.2. The van der Waals surface area contributed by atoms with Crippen molar-refractivity contribution in [1.29, 1.82) is 0 Å². The minimum absolute atomic E-state index is 0.0722. The van der Waals surface area contributed by atoms with E-state index in [0.717, 1.165) is 11.5 Å². The Kier molecular flexibility index (Phi) is 4.26. The van der Waals surface area contributed by atoms with E-state index in [1.807, 2.05) is 16.6 Å². The first-order valence-electron chi connectivity index (χ1n) is 8.98. The van der Waals surface area contributed by atoms with E-state index in [9.17, 15) is 8.42 Å². The van der Waals surface area contributed by atoms with Gasteiger partial charge in [-0.15, -0.1) is 10.2 Å². The second-order valence-electron chi connectivity index (χ2n) is 7.89. The Morgan fingerprint density at radius 3 is 2.52 bits per heavy atom. The largest absolute Gasteiger partial charge is 0.335 e. The molecule has 1 N–H and O–H groups in total. The summed E-state index contributed by atoms with van der Waals surface area (Å²) in [5, 5.41) is 13.4. The van der Waals surface area contributed by atoms with Crippen molar-refractivity contribution < 1.29 is 8.42 Å². The van der Waals surface area contributed by atoms with Crippen LogP contribution in [0, 0.1) is 0 Å². The first-order valence-corrected chi connectivity index (χ1v) is 10.4. The van der Waals surface area contributed by atoms with Gasteiger partial charge in [-0.25, -0.2) is 13.4 Å². The van der Waals surface area contributed by atoms with Crippen molar-refractivity contribution in [2.45, 2.75) is 50.0 Å². The van der Waals surface area contributed by atoms with E-state index < -0.39 is 10.0 Å². The fourth-order valence-corrected chi connectivity index (χ4v) is 4.70. The molecule has 9 nitrogen and oxygen atoms in total. The van der Waals surface area contributed by atoms with Gasteiger partial charge >= 0.3 is 0 Å². The maximum Gasteiger partial charge on any atom is 0.260 e. The number of imidazole rings is 1. The molecule has 10 heteroatoms. The molecular weight excluding hydrogens is 366 g/mol. The minimum atomic E-state index is -3.52. The molecule has 0 aliphatic carbocycles. The van der Waals surface area contributed by atoms with Gasteiger partial charge in [-0.2, -0.15) is 13.9 Å². The lowest BCUT2D eigenvalue weighted by Gasteiger charge is -2.29. The molecule has 0 aromatic carbocycles. The van der Waals surface area contributed by atoms with Crippen LogP contribution in [0.2, 0.25) is 0 Å². The normalized spacial score (nSPS) is 17.6. The van der Waals surface area contributed by atoms with Crippen LogP contribution in [0.1, 0.15) is 51.0 Å². The number of aromatic nitrogens is 6. The van der Waals surface area contributed by atoms with Crippen molar-refractivity contribution in [3.63, 3.8) is 0 Å². The summed E-state index contributed by atoms with van der Waals surface area (Å²) in [4.78, 5) is 6.49. The highest BCUT2D eigenvalue weighted by Gasteiger charge is 2.32. The third-order valence-corrected chi connectivity index (χ3v) is 6.79. The number of rotatable bonds is 3. The van der Waals surface area contributed by atoms with Crippen LogP contribution in [0.25, 0.3) is 5.65 Å². The van der Waals surface area contributed by atoms with Crippen LogP contribution >= 0.6 is 0 Å². The first-order chi connectivity index (χ1) is 12.8. The third-order valence-electron chi connectivity index (χ3n) is 4.97. The number of nitrogens with one attached hydrogen (secondary N) is 1. The zero-order chi connectivity index (χ0) is 19.2. The monoisotopic (exact) mass is 389 g/mol. The maximum absolute atomic E-state index is 12.6. The summed E-state index contributed by atoms with van der Waals surface area (Å²) in [7, 11) is -3.52. The molecule has 3 aromatic heterocycles. The summed E-state index contributed by atoms with van der Waals surface area (Å²) < 4.78 is 28.5. The van der Waals surface area contributed by atoms with Gasteiger partial charge in [0, 0.05) is 24.4 Å². The van der Waals surface area contributed by atoms with E-state index >= 15 is 0 Å². The number of hydrogen-bond donors (Lipinski definition) is 1. The number of sulfonamides is 1. The highest BCUT2D eigenvalue weighted by molar-refractivity contribution is 7.89. The van der Waals surface area contributed by atoms with E-state index in [1.54, 1.807) is 0 Å². The van der Waals surface area contributed by atoms with Gasteiger partial charge in [0.1, 0.15) is 0 Å². The number of piperidine rings is 1. The Morgan fingerprint density at radius 1 is 1.15 bits per heavy atom. The van der Waals surface area contributed by atoms with Crippen molar-refractivity contribution in [3.05, 3.63) is 36.2 Å². The fraction of sp³-hybridized carbons (Fsp3) is 0.529. The van der Waals surface area contributed by atoms with Crippen LogP contribution in [0.4, 0.5) is 0 Å². The predicted octanol–water partition coefficient (Wildman–Crippen LogP) is 1.71. The van der Waals surface area contributed by atoms with Crippen LogP contribution in [0.3, 0.4) is 0 Å². The molecule has 0 atom stereocenters. The van der Waals surface area contributed by atoms with Gasteiger partial charge in [-0.05, 0) is 25.0 Å². The zero-order valence-corrected chi connectivity index (χ0v) is 16.4. The number of fused-ring (bicyclic) bond motifs is 1. The molecule has 27 heavy (non-hydrogen) atoms. The van der Waals surface area contributed by atoms with Crippen molar-refractivity contribution >= 4 is 15.7 Å². The third kappa shape index (κ3) is 3.23. The van der Waals surface area contributed by atoms with E-state index in [2.05, 4.69) is 40.9 Å². The van der Waals surface area contributed by atoms with E-state index in [1.165, 1.54) is 16.8 Å². The summed E-state index contributed by atoms with van der Waals surface area (Å²) in [6.45, 7) is 7.21. The quantitative estimate of drug-likeness (QED) is 0.730. The van der Waals surface area contributed by atoms with Crippen LogP contribution in [0.5, 0.6) is 0 Å². The lowest BCUT2D eigenvalue weighted by molar-refractivity contribution is 0.310. The Balaban J connectivity index is 1.56. The van der Waals surface area contributed by atoms with E-state index in [0.29, 0.717) is 31.6 Å². The Bertz CT molecular complexity index is 1040. The topological polar surface area (TPSA) is 109 Å². The SMILES string of the molecule is CC(C)(C)c1ccc2nnc(C3CCN(S(=O)(=O)c4cnc[nH]4)CC3)n2n1. The van der Waals surface area contributed by atoms with Crippen molar-refractivity contribution in [1.82, 2.24) is 34.1 Å². The van der Waals surface area contributed by atoms with Gasteiger partial charge in [0.05, 0.1) is 18.2 Å². The van der Waals surface area contributed by atoms with Crippen LogP contribution in [-0.4, -0.2) is 55.6 Å². The lowest BCUT2D eigenvalue weighted by atomic mass is 9.92. The second kappa shape index (κ2) is 6.38. The molecule has 0 radical (unpaired) electrons. The average Bonchev–Trinajstić information content (AvgIpc) is 3.31. The summed E-state index contributed by atoms with van der Waals surface area (Å²) in [6.07, 6.45) is 4.07. The molecule has 4 heterocycles. The van der Waals surface area contributed by atoms with Gasteiger partial charge in [0.25, 0.3) is 10.0 Å². The average molecular weight is 389 g/mol. The van der Waals surface area contributed by atoms with Crippen LogP contribution < -0.4 is 0 Å². The number of aromatic amines is 1. The molecule has 1 saturated heterocycles. The summed E-state index contributed by atoms with van der Waals surface area (Å²) in [5.41, 5.74) is 1.61. The molecule has 0 spiro atoms. The Hall–Kier alpha value is -2.33. The minimum Gasteiger partial charge on any atom is -0.335 e. The summed E-state index contributed by atoms with van der Waals surface area (Å²) in [5.74, 6) is 0.922. The van der Waals surface area contributed by atoms with Crippen LogP contribution in [0.15, 0.2) is 29.7 Å². The van der Waals surface area contributed by atoms with E-state index in [-0.39, 0.29) is 16.4 Å². The molecular formula is C17H23N7O2S. The molecule has 144 valence electrons.